The Bertz CT molecular complexity index is 567. The smallest absolute Gasteiger partial charge is 0.126 e. The van der Waals surface area contributed by atoms with Gasteiger partial charge in [0.25, 0.3) is 0 Å². The molecule has 0 N–H and O–H groups in total. The highest BCUT2D eigenvalue weighted by atomic mass is 16.5. The Labute approximate surface area is 127 Å². The van der Waals surface area contributed by atoms with E-state index in [-0.39, 0.29) is 0 Å². The van der Waals surface area contributed by atoms with Gasteiger partial charge in [0.1, 0.15) is 11.5 Å². The zero-order valence-electron chi connectivity index (χ0n) is 12.5. The Kier molecular flexibility index (Phi) is 6.34. The van der Waals surface area contributed by atoms with Gasteiger partial charge in [0.05, 0.1) is 0 Å². The monoisotopic (exact) mass is 278 g/mol. The van der Waals surface area contributed by atoms with E-state index >= 15 is 0 Å². The summed E-state index contributed by atoms with van der Waals surface area (Å²) in [5.41, 5.74) is 1.41. The Morgan fingerprint density at radius 2 is 1.57 bits per heavy atom. The quantitative estimate of drug-likeness (QED) is 0.715. The van der Waals surface area contributed by atoms with Crippen molar-refractivity contribution in [2.24, 2.45) is 0 Å². The first-order chi connectivity index (χ1) is 10.4. The Morgan fingerprint density at radius 3 is 2.10 bits per heavy atom. The van der Waals surface area contributed by atoms with E-state index in [1.165, 1.54) is 5.56 Å². The topological polar surface area (TPSA) is 9.23 Å². The van der Waals surface area contributed by atoms with Crippen LogP contribution >= 0.6 is 0 Å². The molecule has 1 aliphatic rings. The fourth-order valence-electron chi connectivity index (χ4n) is 2.02. The first-order valence-corrected chi connectivity index (χ1v) is 7.51. The predicted octanol–water partition coefficient (Wildman–Crippen LogP) is 5.55. The molecule has 0 amide bonds. The molecule has 0 unspecified atom stereocenters. The molecule has 0 saturated heterocycles. The number of aryl methyl sites for hydroxylation is 1. The van der Waals surface area contributed by atoms with E-state index in [0.29, 0.717) is 0 Å². The van der Waals surface area contributed by atoms with E-state index in [9.17, 15) is 0 Å². The largest absolute Gasteiger partial charge is 0.462 e. The van der Waals surface area contributed by atoms with Crippen LogP contribution in [0.25, 0.3) is 0 Å². The highest BCUT2D eigenvalue weighted by Gasteiger charge is 2.01. The van der Waals surface area contributed by atoms with Crippen LogP contribution in [0.2, 0.25) is 0 Å². The molecule has 0 aliphatic heterocycles. The third-order valence-corrected chi connectivity index (χ3v) is 3.22. The van der Waals surface area contributed by atoms with Crippen molar-refractivity contribution < 1.29 is 4.74 Å². The molecule has 3 rings (SSSR count). The van der Waals surface area contributed by atoms with E-state index < -0.39 is 0 Å². The molecule has 0 aromatic heterocycles. The van der Waals surface area contributed by atoms with E-state index in [4.69, 9.17) is 4.74 Å². The summed E-state index contributed by atoms with van der Waals surface area (Å²) in [6.07, 6.45) is 9.45. The molecule has 0 radical (unpaired) electrons. The highest BCUT2D eigenvalue weighted by molar-refractivity contribution is 5.25. The third kappa shape index (κ3) is 5.70. The van der Waals surface area contributed by atoms with E-state index in [1.54, 1.807) is 0 Å². The maximum absolute atomic E-state index is 5.67. The average molecular weight is 278 g/mol. The summed E-state index contributed by atoms with van der Waals surface area (Å²) in [5, 5.41) is 0. The van der Waals surface area contributed by atoms with Gasteiger partial charge in [-0.1, -0.05) is 67.6 Å². The molecule has 0 spiro atoms. The van der Waals surface area contributed by atoms with E-state index in [2.05, 4.69) is 37.3 Å². The lowest BCUT2D eigenvalue weighted by Gasteiger charge is -2.10. The number of hydrogen-bond donors (Lipinski definition) is 0. The fourth-order valence-corrected chi connectivity index (χ4v) is 2.02. The molecule has 0 bridgehead atoms. The molecular formula is C20H22O. The molecular weight excluding hydrogens is 256 g/mol. The van der Waals surface area contributed by atoms with Crippen molar-refractivity contribution in [1.29, 1.82) is 0 Å². The van der Waals surface area contributed by atoms with Gasteiger partial charge in [-0.2, -0.15) is 0 Å². The Morgan fingerprint density at radius 1 is 0.905 bits per heavy atom. The van der Waals surface area contributed by atoms with Crippen LogP contribution in [0.1, 0.15) is 25.3 Å². The first kappa shape index (κ1) is 15.1. The fraction of sp³-hybridized carbons (Fsp3) is 0.200. The zero-order chi connectivity index (χ0) is 14.8. The van der Waals surface area contributed by atoms with Crippen LogP contribution in [0, 0.1) is 0 Å². The lowest BCUT2D eigenvalue weighted by Crippen LogP contribution is -1.96. The van der Waals surface area contributed by atoms with Crippen LogP contribution in [-0.4, -0.2) is 0 Å². The predicted molar refractivity (Wildman–Crippen MR) is 89.3 cm³/mol. The number of ether oxygens (including phenoxy) is 1. The molecule has 0 saturated carbocycles. The Balaban J connectivity index is 0.000000173. The number of rotatable bonds is 3. The Hall–Kier alpha value is -2.28. The summed E-state index contributed by atoms with van der Waals surface area (Å²) in [6.45, 7) is 2.16. The molecule has 1 aliphatic carbocycles. The summed E-state index contributed by atoms with van der Waals surface area (Å²) < 4.78 is 5.67. The minimum absolute atomic E-state index is 0.920. The van der Waals surface area contributed by atoms with Gasteiger partial charge in [0.2, 0.25) is 0 Å². The zero-order valence-corrected chi connectivity index (χ0v) is 12.5. The second-order valence-electron chi connectivity index (χ2n) is 4.85. The van der Waals surface area contributed by atoms with Crippen molar-refractivity contribution >= 4 is 0 Å². The van der Waals surface area contributed by atoms with Crippen molar-refractivity contribution in [3.63, 3.8) is 0 Å². The van der Waals surface area contributed by atoms with Gasteiger partial charge in [0.15, 0.2) is 0 Å². The summed E-state index contributed by atoms with van der Waals surface area (Å²) >= 11 is 0. The molecule has 21 heavy (non-hydrogen) atoms. The standard InChI is InChI=1S/C12H12O.C8H10/c1-3-7-11(8-4-1)13-12-9-5-2-6-10-12;1-2-8-6-4-3-5-7-8/h1-5,7-9H,6,10H2;3-7H,2H2,1H3. The minimum atomic E-state index is 0.920. The second kappa shape index (κ2) is 8.80. The van der Waals surface area contributed by atoms with Crippen LogP contribution in [0.15, 0.2) is 84.7 Å². The maximum atomic E-state index is 5.67. The molecule has 0 heterocycles. The van der Waals surface area contributed by atoms with Crippen LogP contribution < -0.4 is 4.74 Å². The van der Waals surface area contributed by atoms with Crippen molar-refractivity contribution in [2.75, 3.05) is 0 Å². The lowest BCUT2D eigenvalue weighted by molar-refractivity contribution is 0.403. The van der Waals surface area contributed by atoms with Gasteiger partial charge < -0.3 is 4.74 Å². The van der Waals surface area contributed by atoms with Crippen LogP contribution in [0.4, 0.5) is 0 Å². The maximum Gasteiger partial charge on any atom is 0.126 e. The number of benzene rings is 2. The van der Waals surface area contributed by atoms with Gasteiger partial charge in [0, 0.05) is 6.42 Å². The molecule has 2 aromatic carbocycles. The van der Waals surface area contributed by atoms with Gasteiger partial charge in [-0.05, 0) is 36.6 Å². The van der Waals surface area contributed by atoms with Crippen molar-refractivity contribution in [3.8, 4) is 5.75 Å². The van der Waals surface area contributed by atoms with Gasteiger partial charge in [-0.15, -0.1) is 0 Å². The van der Waals surface area contributed by atoms with E-state index in [1.807, 2.05) is 48.6 Å². The first-order valence-electron chi connectivity index (χ1n) is 7.51. The van der Waals surface area contributed by atoms with Gasteiger partial charge in [-0.25, -0.2) is 0 Å². The minimum Gasteiger partial charge on any atom is -0.462 e. The number of hydrogen-bond acceptors (Lipinski definition) is 1. The summed E-state index contributed by atoms with van der Waals surface area (Å²) in [4.78, 5) is 0. The normalized spacial score (nSPS) is 12.9. The van der Waals surface area contributed by atoms with Gasteiger partial charge in [-0.3, -0.25) is 0 Å². The summed E-state index contributed by atoms with van der Waals surface area (Å²) in [7, 11) is 0. The van der Waals surface area contributed by atoms with Gasteiger partial charge >= 0.3 is 0 Å². The van der Waals surface area contributed by atoms with Crippen LogP contribution in [0.3, 0.4) is 0 Å². The number of para-hydroxylation sites is 1. The van der Waals surface area contributed by atoms with Crippen molar-refractivity contribution in [1.82, 2.24) is 0 Å². The SMILES string of the molecule is C1=CCCC(Oc2ccccc2)=C1.CCc1ccccc1. The molecule has 108 valence electrons. The molecule has 0 fully saturated rings. The molecule has 1 nitrogen and oxygen atoms in total. The molecule has 1 heteroatoms. The molecule has 2 aromatic rings. The molecule has 0 atom stereocenters. The van der Waals surface area contributed by atoms with E-state index in [0.717, 1.165) is 30.8 Å². The third-order valence-electron chi connectivity index (χ3n) is 3.22. The number of allylic oxidation sites excluding steroid dienone is 4. The highest BCUT2D eigenvalue weighted by Crippen LogP contribution is 2.18. The average Bonchev–Trinajstić information content (AvgIpc) is 2.58. The van der Waals surface area contributed by atoms with Crippen molar-refractivity contribution in [2.45, 2.75) is 26.2 Å². The van der Waals surface area contributed by atoms with Crippen LogP contribution in [0.5, 0.6) is 5.75 Å². The van der Waals surface area contributed by atoms with Crippen LogP contribution in [-0.2, 0) is 6.42 Å². The lowest BCUT2D eigenvalue weighted by atomic mass is 10.2. The summed E-state index contributed by atoms with van der Waals surface area (Å²) in [5.74, 6) is 1.97. The second-order valence-corrected chi connectivity index (χ2v) is 4.85. The summed E-state index contributed by atoms with van der Waals surface area (Å²) in [6, 6.07) is 20.3. The van der Waals surface area contributed by atoms with Crippen molar-refractivity contribution in [3.05, 3.63) is 90.2 Å².